The molecule has 1 unspecified atom stereocenters. The normalized spacial score (nSPS) is 14.1. The van der Waals surface area contributed by atoms with E-state index in [9.17, 15) is 9.59 Å². The van der Waals surface area contributed by atoms with Crippen LogP contribution in [0.3, 0.4) is 0 Å². The third-order valence-electron chi connectivity index (χ3n) is 2.48. The van der Waals surface area contributed by atoms with E-state index in [1.165, 1.54) is 7.11 Å². The van der Waals surface area contributed by atoms with Crippen LogP contribution < -0.4 is 11.1 Å². The van der Waals surface area contributed by atoms with Crippen molar-refractivity contribution < 1.29 is 14.3 Å². The summed E-state index contributed by atoms with van der Waals surface area (Å²) in [5, 5.41) is 2.66. The second-order valence-electron chi connectivity index (χ2n) is 4.60. The van der Waals surface area contributed by atoms with Crippen molar-refractivity contribution in [2.75, 3.05) is 19.1 Å². The number of carbonyl (C=O) groups excluding carboxylic acids is 2. The van der Waals surface area contributed by atoms with E-state index in [1.807, 2.05) is 20.1 Å². The highest BCUT2D eigenvalue weighted by Gasteiger charge is 2.24. The van der Waals surface area contributed by atoms with Gasteiger partial charge in [-0.05, 0) is 30.8 Å². The number of hydrogen-bond acceptors (Lipinski definition) is 5. The number of rotatable bonds is 8. The second kappa shape index (κ2) is 9.22. The molecule has 1 amide bonds. The molecule has 0 bridgehead atoms. The molecule has 0 radical (unpaired) electrons. The molecule has 0 aromatic carbocycles. The van der Waals surface area contributed by atoms with E-state index in [4.69, 9.17) is 5.73 Å². The van der Waals surface area contributed by atoms with Gasteiger partial charge in [0.2, 0.25) is 5.91 Å². The highest BCUT2D eigenvalue weighted by molar-refractivity contribution is 7.98. The van der Waals surface area contributed by atoms with Gasteiger partial charge in [-0.2, -0.15) is 11.8 Å². The fourth-order valence-electron chi connectivity index (χ4n) is 1.48. The predicted octanol–water partition coefficient (Wildman–Crippen LogP) is 0.771. The molecule has 3 N–H and O–H groups in total. The highest BCUT2D eigenvalue weighted by Crippen LogP contribution is 2.07. The number of methoxy groups -OCH3 is 1. The fourth-order valence-corrected chi connectivity index (χ4v) is 1.97. The van der Waals surface area contributed by atoms with Crippen LogP contribution in [-0.4, -0.2) is 43.1 Å². The van der Waals surface area contributed by atoms with Crippen molar-refractivity contribution in [3.63, 3.8) is 0 Å². The molecule has 0 saturated heterocycles. The van der Waals surface area contributed by atoms with Crippen molar-refractivity contribution in [3.05, 3.63) is 0 Å². The average Bonchev–Trinajstić information content (AvgIpc) is 2.33. The van der Waals surface area contributed by atoms with Crippen LogP contribution in [0.25, 0.3) is 0 Å². The van der Waals surface area contributed by atoms with E-state index in [-0.39, 0.29) is 11.8 Å². The first-order valence-corrected chi connectivity index (χ1v) is 7.44. The molecule has 106 valence electrons. The van der Waals surface area contributed by atoms with Gasteiger partial charge in [0.25, 0.3) is 0 Å². The SMILES string of the molecule is COC(=O)C(CC(C)C)NC(=O)[C@H](N)CCSC. The number of ether oxygens (including phenoxy) is 1. The zero-order valence-corrected chi connectivity index (χ0v) is 12.4. The Morgan fingerprint density at radius 2 is 2.00 bits per heavy atom. The number of hydrogen-bond donors (Lipinski definition) is 2. The topological polar surface area (TPSA) is 81.4 Å². The minimum Gasteiger partial charge on any atom is -0.467 e. The first-order chi connectivity index (χ1) is 8.42. The van der Waals surface area contributed by atoms with E-state index < -0.39 is 18.1 Å². The lowest BCUT2D eigenvalue weighted by molar-refractivity contribution is -0.145. The highest BCUT2D eigenvalue weighted by atomic mass is 32.2. The van der Waals surface area contributed by atoms with Gasteiger partial charge in [-0.1, -0.05) is 13.8 Å². The number of nitrogens with one attached hydrogen (secondary N) is 1. The van der Waals surface area contributed by atoms with Crippen molar-refractivity contribution in [2.24, 2.45) is 11.7 Å². The van der Waals surface area contributed by atoms with E-state index in [0.717, 1.165) is 5.75 Å². The van der Waals surface area contributed by atoms with Crippen LogP contribution in [0.1, 0.15) is 26.7 Å². The van der Waals surface area contributed by atoms with Crippen molar-refractivity contribution >= 4 is 23.6 Å². The van der Waals surface area contributed by atoms with Crippen LogP contribution in [0.15, 0.2) is 0 Å². The Hall–Kier alpha value is -0.750. The molecular weight excluding hydrogens is 252 g/mol. The predicted molar refractivity (Wildman–Crippen MR) is 74.4 cm³/mol. The lowest BCUT2D eigenvalue weighted by atomic mass is 10.0. The molecule has 0 aliphatic heterocycles. The summed E-state index contributed by atoms with van der Waals surface area (Å²) in [5.41, 5.74) is 5.75. The van der Waals surface area contributed by atoms with Crippen molar-refractivity contribution in [3.8, 4) is 0 Å². The quantitative estimate of drug-likeness (QED) is 0.640. The van der Waals surface area contributed by atoms with Gasteiger partial charge in [0.05, 0.1) is 13.2 Å². The van der Waals surface area contributed by atoms with Crippen molar-refractivity contribution in [1.82, 2.24) is 5.32 Å². The summed E-state index contributed by atoms with van der Waals surface area (Å²) in [6.07, 6.45) is 3.11. The molecular formula is C12H24N2O3S. The zero-order chi connectivity index (χ0) is 14.1. The van der Waals surface area contributed by atoms with Gasteiger partial charge in [-0.15, -0.1) is 0 Å². The Bertz CT molecular complexity index is 272. The number of esters is 1. The van der Waals surface area contributed by atoms with E-state index >= 15 is 0 Å². The molecule has 0 aromatic heterocycles. The third kappa shape index (κ3) is 6.86. The van der Waals surface area contributed by atoms with Crippen LogP contribution in [0.4, 0.5) is 0 Å². The Balaban J connectivity index is 4.38. The molecule has 0 rings (SSSR count). The van der Waals surface area contributed by atoms with E-state index in [0.29, 0.717) is 12.8 Å². The largest absolute Gasteiger partial charge is 0.467 e. The Morgan fingerprint density at radius 3 is 2.44 bits per heavy atom. The van der Waals surface area contributed by atoms with Crippen LogP contribution in [0, 0.1) is 5.92 Å². The molecule has 0 aliphatic carbocycles. The molecule has 0 spiro atoms. The van der Waals surface area contributed by atoms with E-state index in [2.05, 4.69) is 10.1 Å². The van der Waals surface area contributed by atoms with Crippen LogP contribution in [0.2, 0.25) is 0 Å². The summed E-state index contributed by atoms with van der Waals surface area (Å²) in [5.74, 6) is 0.396. The minimum atomic E-state index is -0.608. The summed E-state index contributed by atoms with van der Waals surface area (Å²) in [6, 6.07) is -1.18. The molecule has 0 saturated carbocycles. The number of thioether (sulfide) groups is 1. The van der Waals surface area contributed by atoms with Gasteiger partial charge < -0.3 is 15.8 Å². The first kappa shape index (κ1) is 17.2. The smallest absolute Gasteiger partial charge is 0.328 e. The van der Waals surface area contributed by atoms with Gasteiger partial charge in [0, 0.05) is 0 Å². The number of amides is 1. The molecule has 0 heterocycles. The van der Waals surface area contributed by atoms with Crippen molar-refractivity contribution in [2.45, 2.75) is 38.8 Å². The van der Waals surface area contributed by atoms with Gasteiger partial charge in [0.1, 0.15) is 6.04 Å². The summed E-state index contributed by atoms with van der Waals surface area (Å²) in [7, 11) is 1.31. The summed E-state index contributed by atoms with van der Waals surface area (Å²) in [6.45, 7) is 3.96. The van der Waals surface area contributed by atoms with Crippen LogP contribution >= 0.6 is 11.8 Å². The zero-order valence-electron chi connectivity index (χ0n) is 11.6. The number of carbonyl (C=O) groups is 2. The molecule has 6 heteroatoms. The summed E-state index contributed by atoms with van der Waals surface area (Å²) < 4.78 is 4.68. The lowest BCUT2D eigenvalue weighted by Crippen LogP contribution is -2.49. The Labute approximate surface area is 113 Å². The second-order valence-corrected chi connectivity index (χ2v) is 5.59. The molecule has 0 aliphatic rings. The maximum Gasteiger partial charge on any atom is 0.328 e. The van der Waals surface area contributed by atoms with Gasteiger partial charge in [-0.3, -0.25) is 4.79 Å². The van der Waals surface area contributed by atoms with Gasteiger partial charge in [0.15, 0.2) is 0 Å². The Morgan fingerprint density at radius 1 is 1.39 bits per heavy atom. The van der Waals surface area contributed by atoms with E-state index in [1.54, 1.807) is 11.8 Å². The van der Waals surface area contributed by atoms with Crippen molar-refractivity contribution in [1.29, 1.82) is 0 Å². The average molecular weight is 276 g/mol. The molecule has 0 fully saturated rings. The molecule has 5 nitrogen and oxygen atoms in total. The summed E-state index contributed by atoms with van der Waals surface area (Å²) >= 11 is 1.64. The third-order valence-corrected chi connectivity index (χ3v) is 3.12. The number of nitrogens with two attached hydrogens (primary N) is 1. The molecule has 2 atom stereocenters. The summed E-state index contributed by atoms with van der Waals surface area (Å²) in [4.78, 5) is 23.3. The molecule has 0 aromatic rings. The van der Waals surface area contributed by atoms with Gasteiger partial charge >= 0.3 is 5.97 Å². The first-order valence-electron chi connectivity index (χ1n) is 6.05. The van der Waals surface area contributed by atoms with Crippen LogP contribution in [0.5, 0.6) is 0 Å². The maximum absolute atomic E-state index is 11.8. The fraction of sp³-hybridized carbons (Fsp3) is 0.833. The minimum absolute atomic E-state index is 0.289. The maximum atomic E-state index is 11.8. The lowest BCUT2D eigenvalue weighted by Gasteiger charge is -2.20. The van der Waals surface area contributed by atoms with Gasteiger partial charge in [-0.25, -0.2) is 4.79 Å². The monoisotopic (exact) mass is 276 g/mol. The molecule has 18 heavy (non-hydrogen) atoms. The Kier molecular flexibility index (Phi) is 8.83. The van der Waals surface area contributed by atoms with Crippen LogP contribution in [-0.2, 0) is 14.3 Å². The standard InChI is InChI=1S/C12H24N2O3S/c1-8(2)7-10(12(16)17-3)14-11(15)9(13)5-6-18-4/h8-10H,5-7,13H2,1-4H3,(H,14,15)/t9-,10?/m1/s1.